The maximum atomic E-state index is 12.3. The van der Waals surface area contributed by atoms with Gasteiger partial charge in [0, 0.05) is 18.7 Å². The van der Waals surface area contributed by atoms with Crippen LogP contribution in [0.3, 0.4) is 0 Å². The first-order valence-corrected chi connectivity index (χ1v) is 8.68. The van der Waals surface area contributed by atoms with Gasteiger partial charge >= 0.3 is 12.1 Å². The van der Waals surface area contributed by atoms with Crippen LogP contribution in [0.1, 0.15) is 17.5 Å². The molecule has 2 aromatic rings. The normalized spacial score (nSPS) is 10.9. The lowest BCUT2D eigenvalue weighted by Crippen LogP contribution is -2.36. The molecule has 0 unspecified atom stereocenters. The van der Waals surface area contributed by atoms with E-state index in [-0.39, 0.29) is 18.9 Å². The Bertz CT molecular complexity index is 869. The lowest BCUT2D eigenvalue weighted by Gasteiger charge is -2.13. The van der Waals surface area contributed by atoms with Crippen molar-refractivity contribution in [2.45, 2.75) is 25.6 Å². The number of hydrogen-bond acceptors (Lipinski definition) is 4. The van der Waals surface area contributed by atoms with Crippen molar-refractivity contribution in [2.75, 3.05) is 19.5 Å². The van der Waals surface area contributed by atoms with E-state index >= 15 is 0 Å². The highest BCUT2D eigenvalue weighted by molar-refractivity contribution is 5.91. The highest BCUT2D eigenvalue weighted by atomic mass is 19.4. The first-order chi connectivity index (χ1) is 13.7. The van der Waals surface area contributed by atoms with Gasteiger partial charge in [-0.3, -0.25) is 9.59 Å². The Morgan fingerprint density at radius 2 is 1.69 bits per heavy atom. The van der Waals surface area contributed by atoms with Gasteiger partial charge in [0.1, 0.15) is 0 Å². The lowest BCUT2D eigenvalue weighted by atomic mass is 10.1. The van der Waals surface area contributed by atoms with Crippen LogP contribution in [-0.4, -0.2) is 32.2 Å². The molecule has 2 aromatic carbocycles. The van der Waals surface area contributed by atoms with Crippen molar-refractivity contribution in [1.82, 2.24) is 5.32 Å². The molecule has 0 aromatic heterocycles. The van der Waals surface area contributed by atoms with Crippen molar-refractivity contribution in [2.24, 2.45) is 0 Å². The SMILES string of the molecule is COc1ccc(CCC(=O)Nc2ccccc2CNC(=O)C(F)(F)F)cc1OC. The molecule has 0 spiro atoms. The zero-order chi connectivity index (χ0) is 21.4. The maximum absolute atomic E-state index is 12.3. The highest BCUT2D eigenvalue weighted by Crippen LogP contribution is 2.28. The Labute approximate surface area is 166 Å². The van der Waals surface area contributed by atoms with Crippen LogP contribution in [0.4, 0.5) is 18.9 Å². The van der Waals surface area contributed by atoms with Crippen LogP contribution in [-0.2, 0) is 22.6 Å². The number of anilines is 1. The number of halogens is 3. The molecule has 0 saturated carbocycles. The summed E-state index contributed by atoms with van der Waals surface area (Å²) in [6, 6.07) is 11.7. The van der Waals surface area contributed by atoms with Crippen LogP contribution in [0, 0.1) is 0 Å². The van der Waals surface area contributed by atoms with Crippen LogP contribution in [0.2, 0.25) is 0 Å². The topological polar surface area (TPSA) is 76.7 Å². The van der Waals surface area contributed by atoms with E-state index in [0.29, 0.717) is 29.2 Å². The monoisotopic (exact) mass is 410 g/mol. The minimum Gasteiger partial charge on any atom is -0.493 e. The summed E-state index contributed by atoms with van der Waals surface area (Å²) >= 11 is 0. The molecule has 9 heteroatoms. The molecule has 0 fully saturated rings. The first kappa shape index (κ1) is 22.1. The number of aryl methyl sites for hydroxylation is 1. The van der Waals surface area contributed by atoms with Crippen LogP contribution in [0.25, 0.3) is 0 Å². The van der Waals surface area contributed by atoms with E-state index in [4.69, 9.17) is 9.47 Å². The smallest absolute Gasteiger partial charge is 0.471 e. The number of alkyl halides is 3. The summed E-state index contributed by atoms with van der Waals surface area (Å²) in [5.41, 5.74) is 1.57. The highest BCUT2D eigenvalue weighted by Gasteiger charge is 2.38. The van der Waals surface area contributed by atoms with Gasteiger partial charge in [-0.1, -0.05) is 24.3 Å². The van der Waals surface area contributed by atoms with Gasteiger partial charge in [-0.05, 0) is 35.7 Å². The number of ether oxygens (including phenoxy) is 2. The summed E-state index contributed by atoms with van der Waals surface area (Å²) in [4.78, 5) is 23.3. The zero-order valence-corrected chi connectivity index (χ0v) is 15.9. The van der Waals surface area contributed by atoms with Gasteiger partial charge < -0.3 is 20.1 Å². The van der Waals surface area contributed by atoms with Gasteiger partial charge in [0.25, 0.3) is 0 Å². The Morgan fingerprint density at radius 3 is 2.34 bits per heavy atom. The second-order valence-electron chi connectivity index (χ2n) is 6.08. The van der Waals surface area contributed by atoms with E-state index in [1.54, 1.807) is 35.6 Å². The number of hydrogen-bond donors (Lipinski definition) is 2. The number of carbonyl (C=O) groups excluding carboxylic acids is 2. The predicted octanol–water partition coefficient (Wildman–Crippen LogP) is 3.45. The number of rotatable bonds is 8. The fraction of sp³-hybridized carbons (Fsp3) is 0.300. The number of nitrogens with one attached hydrogen (secondary N) is 2. The van der Waals surface area contributed by atoms with E-state index in [1.165, 1.54) is 20.3 Å². The maximum Gasteiger partial charge on any atom is 0.471 e. The van der Waals surface area contributed by atoms with Gasteiger partial charge in [-0.15, -0.1) is 0 Å². The molecule has 0 aliphatic carbocycles. The van der Waals surface area contributed by atoms with E-state index in [0.717, 1.165) is 5.56 Å². The molecule has 0 aliphatic heterocycles. The second kappa shape index (κ2) is 9.81. The molecule has 2 amide bonds. The molecule has 156 valence electrons. The Balaban J connectivity index is 1.96. The molecular formula is C20H21F3N2O4. The summed E-state index contributed by atoms with van der Waals surface area (Å²) in [5.74, 6) is -1.21. The average Bonchev–Trinajstić information content (AvgIpc) is 2.70. The van der Waals surface area contributed by atoms with Crippen molar-refractivity contribution >= 4 is 17.5 Å². The standard InChI is InChI=1S/C20H21F3N2O4/c1-28-16-9-7-13(11-17(16)29-2)8-10-18(26)25-15-6-4-3-5-14(15)12-24-19(27)20(21,22)23/h3-7,9,11H,8,10,12H2,1-2H3,(H,24,27)(H,25,26). The molecule has 0 heterocycles. The molecular weight excluding hydrogens is 389 g/mol. The third kappa shape index (κ3) is 6.41. The van der Waals surface area contributed by atoms with E-state index in [1.807, 2.05) is 6.07 Å². The van der Waals surface area contributed by atoms with Crippen molar-refractivity contribution < 1.29 is 32.2 Å². The van der Waals surface area contributed by atoms with Gasteiger partial charge in [0.05, 0.1) is 14.2 Å². The minimum absolute atomic E-state index is 0.152. The molecule has 29 heavy (non-hydrogen) atoms. The fourth-order valence-electron chi connectivity index (χ4n) is 2.58. The second-order valence-corrected chi connectivity index (χ2v) is 6.08. The van der Waals surface area contributed by atoms with Crippen LogP contribution in [0.5, 0.6) is 11.5 Å². The quantitative estimate of drug-likeness (QED) is 0.699. The van der Waals surface area contributed by atoms with E-state index in [9.17, 15) is 22.8 Å². The number of amides is 2. The average molecular weight is 410 g/mol. The molecule has 2 N–H and O–H groups in total. The van der Waals surface area contributed by atoms with E-state index in [2.05, 4.69) is 5.32 Å². The molecule has 0 radical (unpaired) electrons. The van der Waals surface area contributed by atoms with Gasteiger partial charge in [-0.2, -0.15) is 13.2 Å². The molecule has 0 bridgehead atoms. The van der Waals surface area contributed by atoms with Gasteiger partial charge in [0.15, 0.2) is 11.5 Å². The largest absolute Gasteiger partial charge is 0.493 e. The number of para-hydroxylation sites is 1. The predicted molar refractivity (Wildman–Crippen MR) is 101 cm³/mol. The Kier molecular flexibility index (Phi) is 7.46. The molecule has 6 nitrogen and oxygen atoms in total. The zero-order valence-electron chi connectivity index (χ0n) is 15.9. The molecule has 0 aliphatic rings. The number of carbonyl (C=O) groups is 2. The third-order valence-electron chi connectivity index (χ3n) is 4.08. The van der Waals surface area contributed by atoms with Gasteiger partial charge in [-0.25, -0.2) is 0 Å². The van der Waals surface area contributed by atoms with E-state index < -0.39 is 12.1 Å². The Morgan fingerprint density at radius 1 is 1.00 bits per heavy atom. The lowest BCUT2D eigenvalue weighted by molar-refractivity contribution is -0.173. The van der Waals surface area contributed by atoms with Crippen LogP contribution < -0.4 is 20.1 Å². The molecule has 0 atom stereocenters. The van der Waals surface area contributed by atoms with Crippen LogP contribution >= 0.6 is 0 Å². The molecule has 0 saturated heterocycles. The van der Waals surface area contributed by atoms with Crippen LogP contribution in [0.15, 0.2) is 42.5 Å². The Hall–Kier alpha value is -3.23. The summed E-state index contributed by atoms with van der Waals surface area (Å²) in [5, 5.41) is 4.46. The number of methoxy groups -OCH3 is 2. The molecule has 2 rings (SSSR count). The first-order valence-electron chi connectivity index (χ1n) is 8.68. The summed E-state index contributed by atoms with van der Waals surface area (Å²) < 4.78 is 47.4. The third-order valence-corrected chi connectivity index (χ3v) is 4.08. The van der Waals surface area contributed by atoms with Crippen molar-refractivity contribution in [3.63, 3.8) is 0 Å². The fourth-order valence-corrected chi connectivity index (χ4v) is 2.58. The van der Waals surface area contributed by atoms with Crippen molar-refractivity contribution in [3.05, 3.63) is 53.6 Å². The number of benzene rings is 2. The summed E-state index contributed by atoms with van der Waals surface area (Å²) in [6.45, 7) is -0.357. The van der Waals surface area contributed by atoms with Gasteiger partial charge in [0.2, 0.25) is 5.91 Å². The summed E-state index contributed by atoms with van der Waals surface area (Å²) in [6.07, 6.45) is -4.38. The summed E-state index contributed by atoms with van der Waals surface area (Å²) in [7, 11) is 3.04. The minimum atomic E-state index is -4.96. The van der Waals surface area contributed by atoms with Crippen molar-refractivity contribution in [1.29, 1.82) is 0 Å². The van der Waals surface area contributed by atoms with Crippen molar-refractivity contribution in [3.8, 4) is 11.5 Å².